The molecule has 5 heteroatoms. The van der Waals surface area contributed by atoms with Crippen molar-refractivity contribution in [3.63, 3.8) is 0 Å². The first-order chi connectivity index (χ1) is 11.8. The van der Waals surface area contributed by atoms with Gasteiger partial charge in [0.25, 0.3) is 0 Å². The minimum absolute atomic E-state index is 0.0840. The van der Waals surface area contributed by atoms with Crippen LogP contribution in [-0.4, -0.2) is 20.7 Å². The predicted octanol–water partition coefficient (Wildman–Crippen LogP) is 4.19. The van der Waals surface area contributed by atoms with Gasteiger partial charge in [0.2, 0.25) is 5.91 Å². The van der Waals surface area contributed by atoms with Crippen LogP contribution in [0.5, 0.6) is 0 Å². The summed E-state index contributed by atoms with van der Waals surface area (Å²) in [5.74, 6) is 2.08. The molecule has 0 saturated heterocycles. The van der Waals surface area contributed by atoms with Crippen molar-refractivity contribution in [1.82, 2.24) is 14.8 Å². The Kier molecular flexibility index (Phi) is 5.62. The van der Waals surface area contributed by atoms with Gasteiger partial charge in [0.05, 0.1) is 0 Å². The maximum Gasteiger partial charge on any atom is 0.224 e. The second kappa shape index (κ2) is 8.08. The highest BCUT2D eigenvalue weighted by Gasteiger charge is 2.16. The van der Waals surface area contributed by atoms with Gasteiger partial charge in [-0.1, -0.05) is 38.3 Å². The van der Waals surface area contributed by atoms with E-state index in [1.807, 2.05) is 24.3 Å². The summed E-state index contributed by atoms with van der Waals surface area (Å²) < 4.78 is 2.23. The fourth-order valence-corrected chi connectivity index (χ4v) is 3.19. The minimum Gasteiger partial charge on any atom is -0.326 e. The molecule has 0 fully saturated rings. The van der Waals surface area contributed by atoms with E-state index in [9.17, 15) is 4.79 Å². The number of benzene rings is 1. The van der Waals surface area contributed by atoms with E-state index in [4.69, 9.17) is 0 Å². The number of fused-ring (bicyclic) bond motifs is 1. The van der Waals surface area contributed by atoms with Crippen LogP contribution in [0.25, 0.3) is 11.4 Å². The largest absolute Gasteiger partial charge is 0.326 e. The Balaban J connectivity index is 1.74. The van der Waals surface area contributed by atoms with Crippen LogP contribution in [0, 0.1) is 0 Å². The van der Waals surface area contributed by atoms with Gasteiger partial charge in [-0.05, 0) is 31.4 Å². The van der Waals surface area contributed by atoms with Gasteiger partial charge in [-0.3, -0.25) is 4.79 Å². The maximum absolute atomic E-state index is 12.0. The van der Waals surface area contributed by atoms with E-state index in [1.165, 1.54) is 19.3 Å². The Hall–Kier alpha value is -2.17. The van der Waals surface area contributed by atoms with Crippen molar-refractivity contribution in [3.8, 4) is 11.4 Å². The highest BCUT2D eigenvalue weighted by Crippen LogP contribution is 2.25. The summed E-state index contributed by atoms with van der Waals surface area (Å²) in [6.07, 6.45) is 8.35. The van der Waals surface area contributed by atoms with Crippen molar-refractivity contribution in [1.29, 1.82) is 0 Å². The molecule has 3 rings (SSSR count). The third-order valence-electron chi connectivity index (χ3n) is 4.52. The SMILES string of the molecule is CCCCCC(=O)Nc1cccc(-c2nnc3n2CCCCC3)c1. The Bertz CT molecular complexity index is 692. The minimum atomic E-state index is 0.0840. The van der Waals surface area contributed by atoms with Gasteiger partial charge in [-0.2, -0.15) is 0 Å². The van der Waals surface area contributed by atoms with E-state index in [-0.39, 0.29) is 5.91 Å². The third-order valence-corrected chi connectivity index (χ3v) is 4.52. The molecular formula is C19H26N4O. The molecule has 24 heavy (non-hydrogen) atoms. The quantitative estimate of drug-likeness (QED) is 0.810. The van der Waals surface area contributed by atoms with Gasteiger partial charge in [0.15, 0.2) is 5.82 Å². The zero-order valence-electron chi connectivity index (χ0n) is 14.4. The molecule has 1 amide bonds. The molecule has 2 heterocycles. The molecule has 1 aliphatic rings. The average Bonchev–Trinajstić information content (AvgIpc) is 2.84. The number of aryl methyl sites for hydroxylation is 1. The van der Waals surface area contributed by atoms with Crippen LogP contribution in [0.3, 0.4) is 0 Å². The highest BCUT2D eigenvalue weighted by atomic mass is 16.1. The monoisotopic (exact) mass is 326 g/mol. The fourth-order valence-electron chi connectivity index (χ4n) is 3.19. The number of unbranched alkanes of at least 4 members (excludes halogenated alkanes) is 2. The Morgan fingerprint density at radius 1 is 1.21 bits per heavy atom. The van der Waals surface area contributed by atoms with E-state index in [0.29, 0.717) is 6.42 Å². The van der Waals surface area contributed by atoms with E-state index >= 15 is 0 Å². The molecule has 1 aliphatic heterocycles. The molecule has 5 nitrogen and oxygen atoms in total. The van der Waals surface area contributed by atoms with E-state index in [1.54, 1.807) is 0 Å². The average molecular weight is 326 g/mol. The topological polar surface area (TPSA) is 59.8 Å². The van der Waals surface area contributed by atoms with E-state index < -0.39 is 0 Å². The Morgan fingerprint density at radius 3 is 3.00 bits per heavy atom. The summed E-state index contributed by atoms with van der Waals surface area (Å²) in [6.45, 7) is 3.12. The molecule has 0 bridgehead atoms. The molecule has 0 unspecified atom stereocenters. The van der Waals surface area contributed by atoms with Crippen LogP contribution >= 0.6 is 0 Å². The van der Waals surface area contributed by atoms with Gasteiger partial charge in [0, 0.05) is 30.6 Å². The number of hydrogen-bond acceptors (Lipinski definition) is 3. The van der Waals surface area contributed by atoms with Gasteiger partial charge >= 0.3 is 0 Å². The summed E-state index contributed by atoms with van der Waals surface area (Å²) in [4.78, 5) is 12.0. The molecular weight excluding hydrogens is 300 g/mol. The number of hydrogen-bond donors (Lipinski definition) is 1. The zero-order valence-corrected chi connectivity index (χ0v) is 14.4. The van der Waals surface area contributed by atoms with Crippen LogP contribution < -0.4 is 5.32 Å². The van der Waals surface area contributed by atoms with Gasteiger partial charge in [-0.25, -0.2) is 0 Å². The lowest BCUT2D eigenvalue weighted by Crippen LogP contribution is -2.11. The summed E-state index contributed by atoms with van der Waals surface area (Å²) in [6, 6.07) is 7.94. The number of carbonyl (C=O) groups is 1. The molecule has 0 saturated carbocycles. The second-order valence-electron chi connectivity index (χ2n) is 6.49. The Labute approximate surface area is 143 Å². The van der Waals surface area contributed by atoms with Crippen molar-refractivity contribution in [2.24, 2.45) is 0 Å². The lowest BCUT2D eigenvalue weighted by Gasteiger charge is -2.09. The molecule has 0 aliphatic carbocycles. The number of anilines is 1. The van der Waals surface area contributed by atoms with Gasteiger partial charge in [0.1, 0.15) is 5.82 Å². The zero-order chi connectivity index (χ0) is 16.8. The lowest BCUT2D eigenvalue weighted by atomic mass is 10.1. The molecule has 0 atom stereocenters. The number of nitrogens with one attached hydrogen (secondary N) is 1. The first-order valence-corrected chi connectivity index (χ1v) is 9.10. The Morgan fingerprint density at radius 2 is 2.12 bits per heavy atom. The van der Waals surface area contributed by atoms with Crippen LogP contribution in [0.2, 0.25) is 0 Å². The van der Waals surface area contributed by atoms with Crippen molar-refractivity contribution in [3.05, 3.63) is 30.1 Å². The highest BCUT2D eigenvalue weighted by molar-refractivity contribution is 5.91. The standard InChI is InChI=1S/C19H26N4O/c1-2-3-5-12-18(24)20-16-10-8-9-15(14-16)19-22-21-17-11-6-4-7-13-23(17)19/h8-10,14H,2-7,11-13H2,1H3,(H,20,24). The van der Waals surface area contributed by atoms with Crippen LogP contribution in [0.1, 0.15) is 57.7 Å². The number of rotatable bonds is 6. The summed E-state index contributed by atoms with van der Waals surface area (Å²) >= 11 is 0. The lowest BCUT2D eigenvalue weighted by molar-refractivity contribution is -0.116. The molecule has 0 radical (unpaired) electrons. The number of aromatic nitrogens is 3. The number of carbonyl (C=O) groups excluding carboxylic acids is 1. The predicted molar refractivity (Wildman–Crippen MR) is 95.8 cm³/mol. The maximum atomic E-state index is 12.0. The molecule has 1 aromatic carbocycles. The van der Waals surface area contributed by atoms with Crippen molar-refractivity contribution in [2.75, 3.05) is 5.32 Å². The number of nitrogens with zero attached hydrogens (tertiary/aromatic N) is 3. The molecule has 1 aromatic heterocycles. The van der Waals surface area contributed by atoms with E-state index in [0.717, 1.165) is 55.1 Å². The van der Waals surface area contributed by atoms with Crippen molar-refractivity contribution < 1.29 is 4.79 Å². The van der Waals surface area contributed by atoms with Gasteiger partial charge in [-0.15, -0.1) is 10.2 Å². The van der Waals surface area contributed by atoms with Crippen LogP contribution in [0.4, 0.5) is 5.69 Å². The second-order valence-corrected chi connectivity index (χ2v) is 6.49. The smallest absolute Gasteiger partial charge is 0.224 e. The molecule has 1 N–H and O–H groups in total. The first kappa shape index (κ1) is 16.7. The first-order valence-electron chi connectivity index (χ1n) is 9.10. The molecule has 128 valence electrons. The van der Waals surface area contributed by atoms with Crippen molar-refractivity contribution in [2.45, 2.75) is 64.8 Å². The molecule has 0 spiro atoms. The van der Waals surface area contributed by atoms with E-state index in [2.05, 4.69) is 27.0 Å². The molecule has 2 aromatic rings. The fraction of sp³-hybridized carbons (Fsp3) is 0.526. The van der Waals surface area contributed by atoms with Crippen LogP contribution in [0.15, 0.2) is 24.3 Å². The van der Waals surface area contributed by atoms with Gasteiger partial charge < -0.3 is 9.88 Å². The normalized spacial score (nSPS) is 14.0. The summed E-state index contributed by atoms with van der Waals surface area (Å²) in [7, 11) is 0. The number of amides is 1. The van der Waals surface area contributed by atoms with Crippen LogP contribution in [-0.2, 0) is 17.8 Å². The van der Waals surface area contributed by atoms with Crippen molar-refractivity contribution >= 4 is 11.6 Å². The third kappa shape index (κ3) is 4.02. The summed E-state index contributed by atoms with van der Waals surface area (Å²) in [5.41, 5.74) is 1.85. The summed E-state index contributed by atoms with van der Waals surface area (Å²) in [5, 5.41) is 11.7.